The monoisotopic (exact) mass is 769 g/mol. The average molecular weight is 769 g/mol. The third kappa shape index (κ3) is 65.0. The molecule has 0 aromatic carbocycles. The van der Waals surface area contributed by atoms with Gasteiger partial charge in [0.2, 0.25) is 0 Å². The second-order valence-corrected chi connectivity index (χ2v) is 15.7. The summed E-state index contributed by atoms with van der Waals surface area (Å²) in [7, 11) is 0. The Kier molecular flexibility index (Phi) is 49.9. The number of hydrogen-bond donors (Lipinski definition) is 8. The van der Waals surface area contributed by atoms with Crippen LogP contribution in [0, 0.1) is 29.1 Å². The van der Waals surface area contributed by atoms with Gasteiger partial charge in [0.25, 0.3) is 0 Å². The van der Waals surface area contributed by atoms with Crippen molar-refractivity contribution in [3.8, 4) is 0 Å². The third-order valence-electron chi connectivity index (χ3n) is 8.03. The lowest BCUT2D eigenvalue weighted by Gasteiger charge is -2.23. The van der Waals surface area contributed by atoms with E-state index < -0.39 is 55.7 Å². The minimum absolute atomic E-state index is 0.331. The highest BCUT2D eigenvalue weighted by Crippen LogP contribution is 2.13. The van der Waals surface area contributed by atoms with Gasteiger partial charge in [-0.3, -0.25) is 19.2 Å². The Morgan fingerprint density at radius 3 is 0.604 bits per heavy atom. The summed E-state index contributed by atoms with van der Waals surface area (Å²) in [6.07, 6.45) is 18.5. The van der Waals surface area contributed by atoms with Crippen LogP contribution >= 0.6 is 0 Å². The van der Waals surface area contributed by atoms with Gasteiger partial charge in [0.1, 0.15) is 0 Å². The van der Waals surface area contributed by atoms with Crippen LogP contribution in [0.2, 0.25) is 0 Å². The van der Waals surface area contributed by atoms with Crippen LogP contribution in [0.1, 0.15) is 184 Å². The van der Waals surface area contributed by atoms with Crippen molar-refractivity contribution in [2.75, 3.05) is 26.4 Å². The molecule has 12 heteroatoms. The first kappa shape index (κ1) is 60.0. The highest BCUT2D eigenvalue weighted by atomic mass is 16.4. The van der Waals surface area contributed by atoms with Crippen LogP contribution in [0.3, 0.4) is 0 Å². The number of unbranched alkanes of at least 4 members (excludes halogenated alkanes) is 8. The molecule has 0 aliphatic heterocycles. The molecule has 0 heterocycles. The number of carboxylic acids is 4. The zero-order chi connectivity index (χ0) is 42.1. The highest BCUT2D eigenvalue weighted by Gasteiger charge is 2.26. The second-order valence-electron chi connectivity index (χ2n) is 15.7. The van der Waals surface area contributed by atoms with Crippen LogP contribution in [0.4, 0.5) is 0 Å². The Labute approximate surface area is 322 Å². The first-order valence-electron chi connectivity index (χ1n) is 20.1. The molecule has 0 saturated heterocycles. The van der Waals surface area contributed by atoms with E-state index in [0.29, 0.717) is 25.7 Å². The van der Waals surface area contributed by atoms with Gasteiger partial charge in [-0.2, -0.15) is 0 Å². The summed E-state index contributed by atoms with van der Waals surface area (Å²) in [6, 6.07) is 0. The van der Waals surface area contributed by atoms with Gasteiger partial charge in [0.15, 0.2) is 0 Å². The smallest absolute Gasteiger partial charge is 0.303 e. The largest absolute Gasteiger partial charge is 0.481 e. The molecule has 8 N–H and O–H groups in total. The molecule has 0 radical (unpaired) electrons. The molecule has 0 spiro atoms. The normalized spacial score (nSPS) is 10.7. The number of carboxylic acid groups (broad SMARTS) is 4. The van der Waals surface area contributed by atoms with Gasteiger partial charge in [-0.25, -0.2) is 0 Å². The SMILES string of the molecule is CC(C)CCCCCC(=O)O.CC(C)CCCCCC(=O)O.CC(C)CCCCCC(=O)O.CC(C)CCCCCC(=O)O.OCC(CO)(CO)CO. The molecule has 0 aliphatic rings. The Morgan fingerprint density at radius 1 is 0.340 bits per heavy atom. The molecule has 0 atom stereocenters. The van der Waals surface area contributed by atoms with Gasteiger partial charge in [-0.15, -0.1) is 0 Å². The van der Waals surface area contributed by atoms with E-state index in [1.54, 1.807) is 0 Å². The van der Waals surface area contributed by atoms with Gasteiger partial charge >= 0.3 is 23.9 Å². The molecular formula is C41H84O12. The summed E-state index contributed by atoms with van der Waals surface area (Å²) in [5.74, 6) is 0.313. The van der Waals surface area contributed by atoms with Crippen molar-refractivity contribution in [2.45, 2.75) is 184 Å². The Hall–Kier alpha value is -2.28. The van der Waals surface area contributed by atoms with Gasteiger partial charge < -0.3 is 40.9 Å². The molecule has 320 valence electrons. The summed E-state index contributed by atoms with van der Waals surface area (Å²) in [5.41, 5.74) is -1.11. The van der Waals surface area contributed by atoms with Crippen LogP contribution in [0.5, 0.6) is 0 Å². The van der Waals surface area contributed by atoms with Crippen molar-refractivity contribution < 1.29 is 60.0 Å². The third-order valence-corrected chi connectivity index (χ3v) is 8.03. The van der Waals surface area contributed by atoms with Gasteiger partial charge in [0.05, 0.1) is 31.8 Å². The number of rotatable bonds is 28. The van der Waals surface area contributed by atoms with Crippen LogP contribution in [-0.2, 0) is 19.2 Å². The van der Waals surface area contributed by atoms with Crippen molar-refractivity contribution in [3.63, 3.8) is 0 Å². The fraction of sp³-hybridized carbons (Fsp3) is 0.902. The zero-order valence-corrected chi connectivity index (χ0v) is 35.0. The molecule has 0 bridgehead atoms. The van der Waals surface area contributed by atoms with E-state index in [4.69, 9.17) is 40.9 Å². The Balaban J connectivity index is -0.000000181. The standard InChI is InChI=1S/4C9H18O2.C5H12O4/c4*1-8(2)6-4-3-5-7-9(10)11;6-1-5(2-7,3-8)4-9/h4*8H,3-7H2,1-2H3,(H,10,11);6-9H,1-4H2. The van der Waals surface area contributed by atoms with E-state index in [2.05, 4.69) is 55.4 Å². The summed E-state index contributed by atoms with van der Waals surface area (Å²) < 4.78 is 0. The second kappa shape index (κ2) is 44.1. The predicted molar refractivity (Wildman–Crippen MR) is 213 cm³/mol. The summed E-state index contributed by atoms with van der Waals surface area (Å²) >= 11 is 0. The minimum Gasteiger partial charge on any atom is -0.481 e. The molecule has 0 aliphatic carbocycles. The number of hydrogen-bond acceptors (Lipinski definition) is 8. The number of carbonyl (C=O) groups is 4. The lowest BCUT2D eigenvalue weighted by Crippen LogP contribution is -2.37. The zero-order valence-electron chi connectivity index (χ0n) is 35.0. The van der Waals surface area contributed by atoms with E-state index in [-0.39, 0.29) is 0 Å². The van der Waals surface area contributed by atoms with Crippen molar-refractivity contribution in [3.05, 3.63) is 0 Å². The van der Waals surface area contributed by atoms with E-state index in [1.165, 1.54) is 51.4 Å². The predicted octanol–water partition coefficient (Wildman–Crippen LogP) is 8.65. The maximum Gasteiger partial charge on any atom is 0.303 e. The first-order valence-corrected chi connectivity index (χ1v) is 20.1. The molecule has 0 fully saturated rings. The van der Waals surface area contributed by atoms with Crippen molar-refractivity contribution in [2.24, 2.45) is 29.1 Å². The van der Waals surface area contributed by atoms with Crippen LogP contribution in [-0.4, -0.2) is 91.2 Å². The maximum absolute atomic E-state index is 10.1. The van der Waals surface area contributed by atoms with Crippen molar-refractivity contribution >= 4 is 23.9 Å². The molecule has 0 aromatic rings. The topological polar surface area (TPSA) is 230 Å². The Morgan fingerprint density at radius 2 is 0.509 bits per heavy atom. The van der Waals surface area contributed by atoms with Gasteiger partial charge in [-0.05, 0) is 49.4 Å². The lowest BCUT2D eigenvalue weighted by atomic mass is 9.93. The highest BCUT2D eigenvalue weighted by molar-refractivity contribution is 5.67. The van der Waals surface area contributed by atoms with Crippen molar-refractivity contribution in [1.29, 1.82) is 0 Å². The van der Waals surface area contributed by atoms with Crippen LogP contribution in [0.15, 0.2) is 0 Å². The maximum atomic E-state index is 10.1. The molecule has 0 rings (SSSR count). The van der Waals surface area contributed by atoms with Crippen molar-refractivity contribution in [1.82, 2.24) is 0 Å². The van der Waals surface area contributed by atoms with Crippen LogP contribution in [0.25, 0.3) is 0 Å². The van der Waals surface area contributed by atoms with Crippen LogP contribution < -0.4 is 0 Å². The number of aliphatic hydroxyl groups excluding tert-OH is 4. The molecule has 53 heavy (non-hydrogen) atoms. The summed E-state index contributed by atoms with van der Waals surface area (Å²) in [6.45, 7) is 15.9. The first-order chi connectivity index (χ1) is 24.7. The quantitative estimate of drug-likeness (QED) is 0.0350. The molecule has 0 amide bonds. The molecule has 12 nitrogen and oxygen atoms in total. The fourth-order valence-electron chi connectivity index (χ4n) is 4.32. The minimum atomic E-state index is -1.11. The van der Waals surface area contributed by atoms with Gasteiger partial charge in [-0.1, -0.05) is 132 Å². The fourth-order valence-corrected chi connectivity index (χ4v) is 4.32. The number of aliphatic carboxylic acids is 4. The molecule has 0 aromatic heterocycles. The molecule has 0 saturated carbocycles. The number of aliphatic hydroxyl groups is 4. The van der Waals surface area contributed by atoms with E-state index in [1.807, 2.05) is 0 Å². The average Bonchev–Trinajstić information content (AvgIpc) is 3.05. The Bertz CT molecular complexity index is 679. The summed E-state index contributed by atoms with van der Waals surface area (Å²) in [4.78, 5) is 40.4. The lowest BCUT2D eigenvalue weighted by molar-refractivity contribution is -0.138. The van der Waals surface area contributed by atoms with Gasteiger partial charge in [0, 0.05) is 25.7 Å². The molecule has 0 unspecified atom stereocenters. The van der Waals surface area contributed by atoms with E-state index >= 15 is 0 Å². The summed E-state index contributed by atoms with van der Waals surface area (Å²) in [5, 5.41) is 67.3. The van der Waals surface area contributed by atoms with E-state index in [9.17, 15) is 19.2 Å². The van der Waals surface area contributed by atoms with E-state index in [0.717, 1.165) is 75.0 Å². The molecular weight excluding hydrogens is 684 g/mol.